The van der Waals surface area contributed by atoms with E-state index in [1.807, 2.05) is 6.92 Å². The molecule has 1 heterocycles. The van der Waals surface area contributed by atoms with E-state index in [0.29, 0.717) is 5.69 Å². The Morgan fingerprint density at radius 3 is 2.36 bits per heavy atom. The van der Waals surface area contributed by atoms with Crippen LogP contribution in [0.5, 0.6) is 0 Å². The number of hydrogen-bond acceptors (Lipinski definition) is 4. The third-order valence-electron chi connectivity index (χ3n) is 3.93. The van der Waals surface area contributed by atoms with Gasteiger partial charge < -0.3 is 5.32 Å². The molecule has 3 aromatic rings. The summed E-state index contributed by atoms with van der Waals surface area (Å²) in [5.74, 6) is -0.660. The zero-order valence-electron chi connectivity index (χ0n) is 15.0. The van der Waals surface area contributed by atoms with Crippen LogP contribution in [0.2, 0.25) is 0 Å². The first-order valence-corrected chi connectivity index (χ1v) is 9.89. The number of carbonyl (C=O) groups is 1. The molecular formula is C20H18FN3O3S. The van der Waals surface area contributed by atoms with E-state index < -0.39 is 27.3 Å². The predicted molar refractivity (Wildman–Crippen MR) is 104 cm³/mol. The second-order valence-corrected chi connectivity index (χ2v) is 7.67. The molecule has 3 rings (SSSR count). The Balaban J connectivity index is 1.85. The number of hydrogen-bond donors (Lipinski definition) is 2. The second kappa shape index (κ2) is 8.18. The van der Waals surface area contributed by atoms with Gasteiger partial charge in [-0.2, -0.15) is 8.42 Å². The van der Waals surface area contributed by atoms with Crippen molar-refractivity contribution >= 4 is 21.6 Å². The van der Waals surface area contributed by atoms with Crippen molar-refractivity contribution in [3.8, 4) is 0 Å². The van der Waals surface area contributed by atoms with Crippen molar-refractivity contribution in [3.63, 3.8) is 0 Å². The number of pyridine rings is 1. The van der Waals surface area contributed by atoms with Crippen molar-refractivity contribution < 1.29 is 17.6 Å². The fourth-order valence-corrected chi connectivity index (χ4v) is 3.74. The van der Waals surface area contributed by atoms with Gasteiger partial charge in [-0.3, -0.25) is 9.52 Å². The van der Waals surface area contributed by atoms with Crippen LogP contribution in [-0.2, 0) is 10.0 Å². The zero-order chi connectivity index (χ0) is 20.1. The number of anilines is 1. The Morgan fingerprint density at radius 2 is 1.68 bits per heavy atom. The van der Waals surface area contributed by atoms with E-state index in [1.54, 1.807) is 42.5 Å². The number of aromatic nitrogens is 1. The number of sulfonamides is 1. The molecule has 0 radical (unpaired) electrons. The van der Waals surface area contributed by atoms with Crippen LogP contribution in [0, 0.1) is 6.92 Å². The number of amides is 1. The van der Waals surface area contributed by atoms with Gasteiger partial charge in [0.05, 0.1) is 0 Å². The van der Waals surface area contributed by atoms with Gasteiger partial charge in [-0.15, -0.1) is 0 Å². The average molecular weight is 399 g/mol. The lowest BCUT2D eigenvalue weighted by Crippen LogP contribution is -2.28. The molecule has 0 aliphatic carbocycles. The Kier molecular flexibility index (Phi) is 5.70. The van der Waals surface area contributed by atoms with Gasteiger partial charge in [0.1, 0.15) is 0 Å². The highest BCUT2D eigenvalue weighted by Crippen LogP contribution is 2.24. The summed E-state index contributed by atoms with van der Waals surface area (Å²) in [6.45, 7) is 1.87. The Morgan fingerprint density at radius 1 is 1.00 bits per heavy atom. The van der Waals surface area contributed by atoms with Gasteiger partial charge >= 0.3 is 0 Å². The maximum absolute atomic E-state index is 14.8. The summed E-state index contributed by atoms with van der Waals surface area (Å²) in [5.41, 5.74) is 1.29. The molecule has 0 aliphatic rings. The highest BCUT2D eigenvalue weighted by Gasteiger charge is 2.26. The molecule has 6 nitrogen and oxygen atoms in total. The van der Waals surface area contributed by atoms with Gasteiger partial charge in [0.25, 0.3) is 15.9 Å². The van der Waals surface area contributed by atoms with E-state index in [2.05, 4.69) is 15.0 Å². The van der Waals surface area contributed by atoms with Crippen LogP contribution in [-0.4, -0.2) is 19.3 Å². The molecule has 0 aliphatic heterocycles. The SMILES string of the molecule is Cc1ccc(NS(=O)(=O)c2ncccc2C(F)NC(=O)c2ccccc2)cc1. The minimum Gasteiger partial charge on any atom is -0.319 e. The number of rotatable bonds is 6. The topological polar surface area (TPSA) is 88.2 Å². The number of alkyl halides is 1. The van der Waals surface area contributed by atoms with Crippen LogP contribution in [0.4, 0.5) is 10.1 Å². The molecule has 1 unspecified atom stereocenters. The summed E-state index contributed by atoms with van der Waals surface area (Å²) in [4.78, 5) is 16.0. The van der Waals surface area contributed by atoms with E-state index >= 15 is 0 Å². The number of benzene rings is 2. The van der Waals surface area contributed by atoms with Gasteiger partial charge in [0.15, 0.2) is 5.03 Å². The first-order valence-electron chi connectivity index (χ1n) is 8.41. The normalized spacial score (nSPS) is 12.2. The fraction of sp³-hybridized carbons (Fsp3) is 0.100. The average Bonchev–Trinajstić information content (AvgIpc) is 2.70. The molecular weight excluding hydrogens is 381 g/mol. The minimum absolute atomic E-state index is 0.258. The van der Waals surface area contributed by atoms with E-state index in [0.717, 1.165) is 5.56 Å². The predicted octanol–water partition coefficient (Wildman–Crippen LogP) is 3.59. The number of nitrogens with one attached hydrogen (secondary N) is 2. The van der Waals surface area contributed by atoms with Crippen LogP contribution in [0.3, 0.4) is 0 Å². The Bertz CT molecular complexity index is 1070. The number of aryl methyl sites for hydroxylation is 1. The van der Waals surface area contributed by atoms with Crippen molar-refractivity contribution in [3.05, 3.63) is 89.6 Å². The maximum atomic E-state index is 14.8. The maximum Gasteiger partial charge on any atom is 0.279 e. The molecule has 0 saturated heterocycles. The van der Waals surface area contributed by atoms with Crippen molar-refractivity contribution in [2.75, 3.05) is 4.72 Å². The standard InChI is InChI=1S/C20H18FN3O3S/c1-14-9-11-16(12-10-14)24-28(26,27)20-17(8-5-13-22-20)18(21)23-19(25)15-6-3-2-4-7-15/h2-13,18,24H,1H3,(H,23,25). The molecule has 0 bridgehead atoms. The van der Waals surface area contributed by atoms with Crippen molar-refractivity contribution in [1.29, 1.82) is 0 Å². The van der Waals surface area contributed by atoms with Gasteiger partial charge in [0.2, 0.25) is 6.30 Å². The molecule has 2 N–H and O–H groups in total. The molecule has 2 aromatic carbocycles. The van der Waals surface area contributed by atoms with Crippen molar-refractivity contribution in [2.45, 2.75) is 18.2 Å². The largest absolute Gasteiger partial charge is 0.319 e. The van der Waals surface area contributed by atoms with Gasteiger partial charge in [0, 0.05) is 23.0 Å². The highest BCUT2D eigenvalue weighted by atomic mass is 32.2. The summed E-state index contributed by atoms with van der Waals surface area (Å²) in [6.07, 6.45) is -0.801. The fourth-order valence-electron chi connectivity index (χ4n) is 2.51. The quantitative estimate of drug-likeness (QED) is 0.620. The van der Waals surface area contributed by atoms with Crippen molar-refractivity contribution in [1.82, 2.24) is 10.3 Å². The summed E-state index contributed by atoms with van der Waals surface area (Å²) < 4.78 is 42.6. The lowest BCUT2D eigenvalue weighted by molar-refractivity contribution is 0.0892. The molecule has 8 heteroatoms. The third kappa shape index (κ3) is 4.52. The van der Waals surface area contributed by atoms with E-state index in [1.165, 1.54) is 30.5 Å². The van der Waals surface area contributed by atoms with E-state index in [-0.39, 0.29) is 11.1 Å². The number of nitrogens with zero attached hydrogens (tertiary/aromatic N) is 1. The minimum atomic E-state index is -4.15. The number of carbonyl (C=O) groups excluding carboxylic acids is 1. The summed E-state index contributed by atoms with van der Waals surface area (Å²) in [5, 5.41) is 1.67. The first kappa shape index (κ1) is 19.5. The Labute approximate surface area is 162 Å². The Hall–Kier alpha value is -3.26. The van der Waals surface area contributed by atoms with Gasteiger partial charge in [-0.25, -0.2) is 9.37 Å². The smallest absolute Gasteiger partial charge is 0.279 e. The number of halogens is 1. The lowest BCUT2D eigenvalue weighted by atomic mass is 10.2. The summed E-state index contributed by atoms with van der Waals surface area (Å²) in [7, 11) is -4.15. The zero-order valence-corrected chi connectivity index (χ0v) is 15.8. The second-order valence-electron chi connectivity index (χ2n) is 6.07. The van der Waals surface area contributed by atoms with Crippen LogP contribution in [0.1, 0.15) is 27.8 Å². The molecule has 144 valence electrons. The van der Waals surface area contributed by atoms with Crippen LogP contribution < -0.4 is 10.0 Å². The molecule has 1 aromatic heterocycles. The highest BCUT2D eigenvalue weighted by molar-refractivity contribution is 7.92. The molecule has 28 heavy (non-hydrogen) atoms. The monoisotopic (exact) mass is 399 g/mol. The van der Waals surface area contributed by atoms with Crippen LogP contribution in [0.15, 0.2) is 78.0 Å². The molecule has 1 amide bonds. The van der Waals surface area contributed by atoms with Gasteiger partial charge in [-0.1, -0.05) is 35.9 Å². The summed E-state index contributed by atoms with van der Waals surface area (Å²) in [6, 6.07) is 17.4. The summed E-state index contributed by atoms with van der Waals surface area (Å²) >= 11 is 0. The molecule has 1 atom stereocenters. The molecule has 0 spiro atoms. The van der Waals surface area contributed by atoms with E-state index in [9.17, 15) is 17.6 Å². The van der Waals surface area contributed by atoms with Crippen LogP contribution in [0.25, 0.3) is 0 Å². The molecule has 0 saturated carbocycles. The third-order valence-corrected chi connectivity index (χ3v) is 5.28. The van der Waals surface area contributed by atoms with Crippen molar-refractivity contribution in [2.24, 2.45) is 0 Å². The van der Waals surface area contributed by atoms with Gasteiger partial charge in [-0.05, 0) is 43.3 Å². The first-order chi connectivity index (χ1) is 13.4. The van der Waals surface area contributed by atoms with E-state index in [4.69, 9.17) is 0 Å². The molecule has 0 fully saturated rings. The van der Waals surface area contributed by atoms with Crippen LogP contribution >= 0.6 is 0 Å². The lowest BCUT2D eigenvalue weighted by Gasteiger charge is -2.15.